The van der Waals surface area contributed by atoms with Crippen LogP contribution in [0.25, 0.3) is 0 Å². The summed E-state index contributed by atoms with van der Waals surface area (Å²) in [5.74, 6) is 3.61. The molecule has 0 bridgehead atoms. The second-order valence-corrected chi connectivity index (χ2v) is 7.80. The lowest BCUT2D eigenvalue weighted by Crippen LogP contribution is -2.47. The number of hydrogen-bond acceptors (Lipinski definition) is 4. The van der Waals surface area contributed by atoms with Crippen molar-refractivity contribution in [1.82, 2.24) is 25.4 Å². The molecular formula is C21H30N6O. The molecule has 1 unspecified atom stereocenters. The smallest absolute Gasteiger partial charge is 0.192 e. The van der Waals surface area contributed by atoms with Gasteiger partial charge in [0.15, 0.2) is 11.8 Å². The molecule has 150 valence electrons. The fourth-order valence-electron chi connectivity index (χ4n) is 3.91. The van der Waals surface area contributed by atoms with E-state index in [1.54, 1.807) is 0 Å². The van der Waals surface area contributed by atoms with E-state index in [-0.39, 0.29) is 6.10 Å². The molecule has 2 aliphatic rings. The summed E-state index contributed by atoms with van der Waals surface area (Å²) in [6.45, 7) is 3.19. The number of benzene rings is 1. The number of ether oxygens (including phenoxy) is 1. The van der Waals surface area contributed by atoms with Gasteiger partial charge in [-0.1, -0.05) is 37.5 Å². The second-order valence-electron chi connectivity index (χ2n) is 7.80. The average Bonchev–Trinajstić information content (AvgIpc) is 3.28. The predicted octanol–water partition coefficient (Wildman–Crippen LogP) is 2.50. The number of aryl methyl sites for hydroxylation is 1. The summed E-state index contributed by atoms with van der Waals surface area (Å²) in [5.41, 5.74) is 1.28. The number of guanidine groups is 1. The lowest BCUT2D eigenvalue weighted by atomic mass is 9.96. The molecule has 2 aromatic rings. The normalized spacial score (nSPS) is 19.9. The molecule has 1 aromatic carbocycles. The topological polar surface area (TPSA) is 76.4 Å². The van der Waals surface area contributed by atoms with Gasteiger partial charge < -0.3 is 19.9 Å². The summed E-state index contributed by atoms with van der Waals surface area (Å²) in [5, 5.41) is 15.5. The zero-order valence-electron chi connectivity index (χ0n) is 16.8. The van der Waals surface area contributed by atoms with Gasteiger partial charge in [0.1, 0.15) is 24.2 Å². The lowest BCUT2D eigenvalue weighted by molar-refractivity contribution is 0.234. The maximum Gasteiger partial charge on any atom is 0.192 e. The molecule has 1 aliphatic heterocycles. The highest BCUT2D eigenvalue weighted by Crippen LogP contribution is 2.27. The van der Waals surface area contributed by atoms with Gasteiger partial charge >= 0.3 is 0 Å². The van der Waals surface area contributed by atoms with E-state index in [0.717, 1.165) is 36.3 Å². The van der Waals surface area contributed by atoms with Crippen LogP contribution in [0.15, 0.2) is 29.3 Å². The Balaban J connectivity index is 1.39. The van der Waals surface area contributed by atoms with E-state index in [1.807, 2.05) is 30.7 Å². The van der Waals surface area contributed by atoms with Gasteiger partial charge in [0.25, 0.3) is 0 Å². The van der Waals surface area contributed by atoms with E-state index in [1.165, 1.54) is 37.7 Å². The third kappa shape index (κ3) is 4.46. The van der Waals surface area contributed by atoms with Crippen molar-refractivity contribution in [3.05, 3.63) is 41.5 Å². The molecule has 1 atom stereocenters. The lowest BCUT2D eigenvalue weighted by Gasteiger charge is -2.25. The Bertz CT molecular complexity index is 799. The van der Waals surface area contributed by atoms with Crippen LogP contribution in [-0.2, 0) is 20.0 Å². The minimum Gasteiger partial charge on any atom is -0.488 e. The van der Waals surface area contributed by atoms with Gasteiger partial charge in [-0.3, -0.25) is 0 Å². The quantitative estimate of drug-likeness (QED) is 0.614. The molecule has 1 aliphatic carbocycles. The Hall–Kier alpha value is -2.57. The van der Waals surface area contributed by atoms with Crippen molar-refractivity contribution in [2.45, 2.75) is 64.1 Å². The molecule has 7 nitrogen and oxygen atoms in total. The summed E-state index contributed by atoms with van der Waals surface area (Å²) < 4.78 is 8.05. The minimum absolute atomic E-state index is 0.132. The van der Waals surface area contributed by atoms with Crippen molar-refractivity contribution in [3.8, 4) is 5.75 Å². The number of fused-ring (bicyclic) bond motifs is 1. The SMILES string of the molecule is Cc1nnc(CN=C(NCC2Cc3ccccc3O2)NC2CCCCC2)n1C. The zero-order chi connectivity index (χ0) is 19.3. The van der Waals surface area contributed by atoms with Gasteiger partial charge in [-0.2, -0.15) is 0 Å². The van der Waals surface area contributed by atoms with E-state index in [2.05, 4.69) is 33.0 Å². The minimum atomic E-state index is 0.132. The van der Waals surface area contributed by atoms with Crippen molar-refractivity contribution in [3.63, 3.8) is 0 Å². The van der Waals surface area contributed by atoms with Crippen LogP contribution in [0.4, 0.5) is 0 Å². The number of nitrogens with zero attached hydrogens (tertiary/aromatic N) is 4. The Kier molecular flexibility index (Phi) is 5.78. The molecule has 2 heterocycles. The zero-order valence-corrected chi connectivity index (χ0v) is 16.8. The molecule has 2 N–H and O–H groups in total. The van der Waals surface area contributed by atoms with Crippen molar-refractivity contribution in [2.24, 2.45) is 12.0 Å². The fourth-order valence-corrected chi connectivity index (χ4v) is 3.91. The number of para-hydroxylation sites is 1. The third-order valence-corrected chi connectivity index (χ3v) is 5.72. The number of aromatic nitrogens is 3. The number of aliphatic imine (C=N–C) groups is 1. The first-order chi connectivity index (χ1) is 13.7. The van der Waals surface area contributed by atoms with Gasteiger partial charge in [0.05, 0.1) is 6.54 Å². The molecule has 1 fully saturated rings. The van der Waals surface area contributed by atoms with E-state index in [0.29, 0.717) is 12.6 Å². The van der Waals surface area contributed by atoms with Gasteiger partial charge in [0.2, 0.25) is 0 Å². The Morgan fingerprint density at radius 1 is 1.21 bits per heavy atom. The van der Waals surface area contributed by atoms with Gasteiger partial charge in [0, 0.05) is 19.5 Å². The highest BCUT2D eigenvalue weighted by Gasteiger charge is 2.23. The van der Waals surface area contributed by atoms with E-state index >= 15 is 0 Å². The van der Waals surface area contributed by atoms with Crippen LogP contribution in [0.5, 0.6) is 5.75 Å². The molecule has 0 amide bonds. The second kappa shape index (κ2) is 8.63. The van der Waals surface area contributed by atoms with Crippen LogP contribution >= 0.6 is 0 Å². The number of rotatable bonds is 5. The summed E-state index contributed by atoms with van der Waals surface area (Å²) in [7, 11) is 1.98. The van der Waals surface area contributed by atoms with E-state index < -0.39 is 0 Å². The summed E-state index contributed by atoms with van der Waals surface area (Å²) in [6.07, 6.45) is 7.38. The monoisotopic (exact) mass is 382 g/mol. The van der Waals surface area contributed by atoms with Gasteiger partial charge in [-0.25, -0.2) is 4.99 Å². The van der Waals surface area contributed by atoms with Crippen molar-refractivity contribution in [1.29, 1.82) is 0 Å². The van der Waals surface area contributed by atoms with Crippen LogP contribution < -0.4 is 15.4 Å². The van der Waals surface area contributed by atoms with Gasteiger partial charge in [-0.15, -0.1) is 10.2 Å². The first kappa shape index (κ1) is 18.8. The molecule has 4 rings (SSSR count). The summed E-state index contributed by atoms with van der Waals surface area (Å²) in [4.78, 5) is 4.79. The number of nitrogens with one attached hydrogen (secondary N) is 2. The molecular weight excluding hydrogens is 352 g/mol. The molecule has 28 heavy (non-hydrogen) atoms. The highest BCUT2D eigenvalue weighted by molar-refractivity contribution is 5.80. The summed E-state index contributed by atoms with van der Waals surface area (Å²) >= 11 is 0. The standard InChI is InChI=1S/C21H30N6O/c1-15-25-26-20(27(15)2)14-23-21(24-17-9-4-3-5-10-17)22-13-18-12-16-8-6-7-11-19(16)28-18/h6-8,11,17-18H,3-5,9-10,12-14H2,1-2H3,(H2,22,23,24). The van der Waals surface area contributed by atoms with Crippen LogP contribution in [0.3, 0.4) is 0 Å². The predicted molar refractivity (Wildman–Crippen MR) is 109 cm³/mol. The van der Waals surface area contributed by atoms with Crippen LogP contribution in [0, 0.1) is 6.92 Å². The molecule has 0 saturated heterocycles. The maximum atomic E-state index is 6.06. The molecule has 1 saturated carbocycles. The average molecular weight is 383 g/mol. The first-order valence-electron chi connectivity index (χ1n) is 10.3. The molecule has 0 radical (unpaired) electrons. The van der Waals surface area contributed by atoms with Crippen molar-refractivity contribution >= 4 is 5.96 Å². The maximum absolute atomic E-state index is 6.06. The summed E-state index contributed by atoms with van der Waals surface area (Å²) in [6, 6.07) is 8.76. The van der Waals surface area contributed by atoms with E-state index in [4.69, 9.17) is 9.73 Å². The molecule has 1 aromatic heterocycles. The largest absolute Gasteiger partial charge is 0.488 e. The van der Waals surface area contributed by atoms with Crippen molar-refractivity contribution in [2.75, 3.05) is 6.54 Å². The highest BCUT2D eigenvalue weighted by atomic mass is 16.5. The van der Waals surface area contributed by atoms with E-state index in [9.17, 15) is 0 Å². The van der Waals surface area contributed by atoms with Crippen LogP contribution in [0.1, 0.15) is 49.3 Å². The van der Waals surface area contributed by atoms with Gasteiger partial charge in [-0.05, 0) is 31.4 Å². The Labute approximate surface area is 166 Å². The Morgan fingerprint density at radius 2 is 2.04 bits per heavy atom. The third-order valence-electron chi connectivity index (χ3n) is 5.72. The van der Waals surface area contributed by atoms with Crippen molar-refractivity contribution < 1.29 is 4.74 Å². The molecule has 7 heteroatoms. The number of hydrogen-bond donors (Lipinski definition) is 2. The first-order valence-corrected chi connectivity index (χ1v) is 10.3. The van der Waals surface area contributed by atoms with Crippen LogP contribution in [-0.4, -0.2) is 39.4 Å². The van der Waals surface area contributed by atoms with Crippen LogP contribution in [0.2, 0.25) is 0 Å². The fraction of sp³-hybridized carbons (Fsp3) is 0.571. The molecule has 0 spiro atoms. The Morgan fingerprint density at radius 3 is 2.79 bits per heavy atom.